The molecule has 2 aliphatic carbocycles. The third-order valence-corrected chi connectivity index (χ3v) is 3.58. The molecule has 0 aromatic heterocycles. The van der Waals surface area contributed by atoms with E-state index in [0.29, 0.717) is 19.2 Å². The highest BCUT2D eigenvalue weighted by atomic mass is 16.5. The predicted octanol–water partition coefficient (Wildman–Crippen LogP) is 0.916. The van der Waals surface area contributed by atoms with Crippen LogP contribution in [0, 0.1) is 11.8 Å². The van der Waals surface area contributed by atoms with E-state index >= 15 is 0 Å². The third-order valence-electron chi connectivity index (χ3n) is 3.58. The zero-order chi connectivity index (χ0) is 12.3. The molecule has 1 atom stereocenters. The number of nitrogens with one attached hydrogen (secondary N) is 2. The van der Waals surface area contributed by atoms with E-state index in [2.05, 4.69) is 10.6 Å². The Morgan fingerprint density at radius 2 is 1.88 bits per heavy atom. The van der Waals surface area contributed by atoms with Crippen LogP contribution in [0.15, 0.2) is 0 Å². The summed E-state index contributed by atoms with van der Waals surface area (Å²) in [5.41, 5.74) is 0. The van der Waals surface area contributed by atoms with Gasteiger partial charge in [-0.2, -0.15) is 0 Å². The highest BCUT2D eigenvalue weighted by Gasteiger charge is 2.41. The molecule has 17 heavy (non-hydrogen) atoms. The maximum Gasteiger partial charge on any atom is 0.234 e. The van der Waals surface area contributed by atoms with E-state index in [1.165, 1.54) is 25.7 Å². The fraction of sp³-hybridized carbons (Fsp3) is 0.923. The molecule has 2 aliphatic rings. The molecule has 4 heteroatoms. The highest BCUT2D eigenvalue weighted by molar-refractivity contribution is 5.78. The Morgan fingerprint density at radius 1 is 1.29 bits per heavy atom. The van der Waals surface area contributed by atoms with Crippen molar-refractivity contribution in [3.8, 4) is 0 Å². The lowest BCUT2D eigenvalue weighted by Crippen LogP contribution is -2.44. The summed E-state index contributed by atoms with van der Waals surface area (Å²) in [5, 5.41) is 6.37. The Balaban J connectivity index is 1.64. The molecule has 0 aliphatic heterocycles. The summed E-state index contributed by atoms with van der Waals surface area (Å²) in [7, 11) is 1.65. The van der Waals surface area contributed by atoms with Crippen LogP contribution in [0.25, 0.3) is 0 Å². The first-order chi connectivity index (χ1) is 8.20. The summed E-state index contributed by atoms with van der Waals surface area (Å²) < 4.78 is 4.99. The molecule has 0 spiro atoms. The van der Waals surface area contributed by atoms with Crippen molar-refractivity contribution in [2.24, 2.45) is 11.8 Å². The van der Waals surface area contributed by atoms with Gasteiger partial charge < -0.3 is 15.4 Å². The van der Waals surface area contributed by atoms with Gasteiger partial charge in [-0.25, -0.2) is 0 Å². The quantitative estimate of drug-likeness (QED) is 0.663. The van der Waals surface area contributed by atoms with Gasteiger partial charge >= 0.3 is 0 Å². The van der Waals surface area contributed by atoms with Gasteiger partial charge in [0.05, 0.1) is 13.2 Å². The fourth-order valence-electron chi connectivity index (χ4n) is 2.46. The molecule has 1 amide bonds. The van der Waals surface area contributed by atoms with Gasteiger partial charge in [-0.1, -0.05) is 0 Å². The van der Waals surface area contributed by atoms with E-state index in [1.807, 2.05) is 6.92 Å². The SMILES string of the molecule is COCC(C)NC(=O)CNC(C1CC1)C1CC1. The van der Waals surface area contributed by atoms with Gasteiger partial charge in [-0.15, -0.1) is 0 Å². The maximum atomic E-state index is 11.7. The van der Waals surface area contributed by atoms with Gasteiger partial charge in [-0.05, 0) is 44.4 Å². The topological polar surface area (TPSA) is 50.4 Å². The van der Waals surface area contributed by atoms with Crippen molar-refractivity contribution in [1.82, 2.24) is 10.6 Å². The van der Waals surface area contributed by atoms with E-state index in [-0.39, 0.29) is 11.9 Å². The average Bonchev–Trinajstić information content (AvgIpc) is 3.13. The van der Waals surface area contributed by atoms with E-state index in [1.54, 1.807) is 7.11 Å². The van der Waals surface area contributed by atoms with Gasteiger partial charge in [0.1, 0.15) is 0 Å². The lowest BCUT2D eigenvalue weighted by molar-refractivity contribution is -0.121. The van der Waals surface area contributed by atoms with Crippen LogP contribution in [0.2, 0.25) is 0 Å². The Hall–Kier alpha value is -0.610. The largest absolute Gasteiger partial charge is 0.383 e. The van der Waals surface area contributed by atoms with E-state index < -0.39 is 0 Å². The minimum Gasteiger partial charge on any atom is -0.383 e. The number of carbonyl (C=O) groups excluding carboxylic acids is 1. The first-order valence-electron chi connectivity index (χ1n) is 6.72. The van der Waals surface area contributed by atoms with Gasteiger partial charge in [0.25, 0.3) is 0 Å². The second kappa shape index (κ2) is 5.83. The van der Waals surface area contributed by atoms with Crippen molar-refractivity contribution in [2.45, 2.75) is 44.7 Å². The van der Waals surface area contributed by atoms with Crippen molar-refractivity contribution in [3.63, 3.8) is 0 Å². The zero-order valence-corrected chi connectivity index (χ0v) is 10.9. The molecule has 0 aromatic rings. The number of carbonyl (C=O) groups is 1. The smallest absolute Gasteiger partial charge is 0.234 e. The molecule has 4 nitrogen and oxygen atoms in total. The van der Waals surface area contributed by atoms with Crippen LogP contribution in [0.4, 0.5) is 0 Å². The summed E-state index contributed by atoms with van der Waals surface area (Å²) in [4.78, 5) is 11.7. The van der Waals surface area contributed by atoms with Crippen LogP contribution in [-0.2, 0) is 9.53 Å². The zero-order valence-electron chi connectivity index (χ0n) is 10.9. The molecular formula is C13H24N2O2. The summed E-state index contributed by atoms with van der Waals surface area (Å²) in [5.74, 6) is 1.76. The standard InChI is InChI=1S/C13H24N2O2/c1-9(8-17-2)15-12(16)7-14-13(10-3-4-10)11-5-6-11/h9-11,13-14H,3-8H2,1-2H3,(H,15,16). The molecule has 0 aromatic carbocycles. The van der Waals surface area contributed by atoms with Crippen molar-refractivity contribution in [1.29, 1.82) is 0 Å². The Kier molecular flexibility index (Phi) is 4.40. The molecule has 2 rings (SSSR count). The number of hydrogen-bond donors (Lipinski definition) is 2. The fourth-order valence-corrected chi connectivity index (χ4v) is 2.46. The minimum atomic E-state index is 0.0841. The summed E-state index contributed by atoms with van der Waals surface area (Å²) in [6.45, 7) is 2.98. The van der Waals surface area contributed by atoms with E-state index in [0.717, 1.165) is 11.8 Å². The van der Waals surface area contributed by atoms with Gasteiger partial charge in [0, 0.05) is 19.2 Å². The molecule has 0 bridgehead atoms. The lowest BCUT2D eigenvalue weighted by atomic mass is 10.1. The molecule has 2 N–H and O–H groups in total. The molecule has 0 saturated heterocycles. The van der Waals surface area contributed by atoms with Crippen LogP contribution in [0.3, 0.4) is 0 Å². The molecule has 1 unspecified atom stereocenters. The monoisotopic (exact) mass is 240 g/mol. The summed E-state index contributed by atoms with van der Waals surface area (Å²) in [6, 6.07) is 0.688. The number of amides is 1. The Bertz CT molecular complexity index is 250. The summed E-state index contributed by atoms with van der Waals surface area (Å²) >= 11 is 0. The number of ether oxygens (including phenoxy) is 1. The summed E-state index contributed by atoms with van der Waals surface area (Å²) in [6.07, 6.45) is 5.37. The van der Waals surface area contributed by atoms with Crippen molar-refractivity contribution >= 4 is 5.91 Å². The van der Waals surface area contributed by atoms with Crippen LogP contribution in [-0.4, -0.2) is 38.3 Å². The molecule has 2 fully saturated rings. The number of rotatable bonds is 8. The van der Waals surface area contributed by atoms with Gasteiger partial charge in [-0.3, -0.25) is 4.79 Å². The van der Waals surface area contributed by atoms with Crippen molar-refractivity contribution in [2.75, 3.05) is 20.3 Å². The molecule has 0 heterocycles. The predicted molar refractivity (Wildman–Crippen MR) is 66.7 cm³/mol. The van der Waals surface area contributed by atoms with E-state index in [9.17, 15) is 4.79 Å². The Labute approximate surface area is 103 Å². The minimum absolute atomic E-state index is 0.0841. The third kappa shape index (κ3) is 4.28. The van der Waals surface area contributed by atoms with Crippen LogP contribution in [0.5, 0.6) is 0 Å². The highest BCUT2D eigenvalue weighted by Crippen LogP contribution is 2.44. The maximum absolute atomic E-state index is 11.7. The average molecular weight is 240 g/mol. The van der Waals surface area contributed by atoms with Crippen LogP contribution >= 0.6 is 0 Å². The number of methoxy groups -OCH3 is 1. The second-order valence-electron chi connectivity index (χ2n) is 5.51. The van der Waals surface area contributed by atoms with Crippen LogP contribution < -0.4 is 10.6 Å². The Morgan fingerprint density at radius 3 is 2.35 bits per heavy atom. The van der Waals surface area contributed by atoms with Crippen molar-refractivity contribution in [3.05, 3.63) is 0 Å². The first-order valence-corrected chi connectivity index (χ1v) is 6.72. The van der Waals surface area contributed by atoms with Crippen LogP contribution in [0.1, 0.15) is 32.6 Å². The van der Waals surface area contributed by atoms with Gasteiger partial charge in [0.2, 0.25) is 5.91 Å². The van der Waals surface area contributed by atoms with Crippen molar-refractivity contribution < 1.29 is 9.53 Å². The molecule has 2 saturated carbocycles. The number of hydrogen-bond acceptors (Lipinski definition) is 3. The normalized spacial score (nSPS) is 21.6. The van der Waals surface area contributed by atoms with Gasteiger partial charge in [0.15, 0.2) is 0 Å². The molecular weight excluding hydrogens is 216 g/mol. The molecule has 98 valence electrons. The first kappa shape index (κ1) is 12.8. The lowest BCUT2D eigenvalue weighted by Gasteiger charge is -2.18. The molecule has 0 radical (unpaired) electrons. The second-order valence-corrected chi connectivity index (χ2v) is 5.51. The van der Waals surface area contributed by atoms with E-state index in [4.69, 9.17) is 4.74 Å².